The van der Waals surface area contributed by atoms with Crippen LogP contribution < -0.4 is 5.32 Å². The highest BCUT2D eigenvalue weighted by atomic mass is 16.2. The number of pyridine rings is 1. The number of aryl methyl sites for hydroxylation is 2. The highest BCUT2D eigenvalue weighted by Gasteiger charge is 2.40. The van der Waals surface area contributed by atoms with Crippen LogP contribution in [-0.4, -0.2) is 43.6 Å². The average Bonchev–Trinajstić information content (AvgIpc) is 3.31. The van der Waals surface area contributed by atoms with E-state index in [-0.39, 0.29) is 17.9 Å². The van der Waals surface area contributed by atoms with E-state index in [2.05, 4.69) is 28.4 Å². The lowest BCUT2D eigenvalue weighted by Crippen LogP contribution is -2.30. The molecule has 0 unspecified atom stereocenters. The maximum atomic E-state index is 12.5. The molecule has 1 saturated heterocycles. The summed E-state index contributed by atoms with van der Waals surface area (Å²) in [6, 6.07) is 5.80. The molecule has 3 aromatic rings. The van der Waals surface area contributed by atoms with Crippen LogP contribution in [0, 0.1) is 31.1 Å². The molecule has 2 atom stereocenters. The standard InChI is InChI=1S/C21H25N7O/c1-13-20(14(2)27(4)25-13)21-16(7-19(29)26(21)3)9-23-10-17-11-24-18-6-5-15(8-22)12-28(17)18/h5-6,11-12,16,21,23H,7,9-10H2,1-4H3/t16-,21+/m0/s1. The third-order valence-corrected chi connectivity index (χ3v) is 5.98. The van der Waals surface area contributed by atoms with Crippen molar-refractivity contribution in [3.63, 3.8) is 0 Å². The lowest BCUT2D eigenvalue weighted by atomic mass is 9.92. The molecule has 29 heavy (non-hydrogen) atoms. The van der Waals surface area contributed by atoms with Crippen LogP contribution >= 0.6 is 0 Å². The Morgan fingerprint density at radius 2 is 2.10 bits per heavy atom. The summed E-state index contributed by atoms with van der Waals surface area (Å²) < 4.78 is 3.82. The van der Waals surface area contributed by atoms with E-state index in [1.165, 1.54) is 0 Å². The van der Waals surface area contributed by atoms with Crippen LogP contribution in [0.4, 0.5) is 0 Å². The van der Waals surface area contributed by atoms with Crippen LogP contribution in [0.15, 0.2) is 24.5 Å². The first-order valence-electron chi connectivity index (χ1n) is 9.73. The number of aromatic nitrogens is 4. The van der Waals surface area contributed by atoms with E-state index in [1.807, 2.05) is 47.3 Å². The number of nitrogens with one attached hydrogen (secondary N) is 1. The molecule has 0 bridgehead atoms. The number of carbonyl (C=O) groups excluding carboxylic acids is 1. The van der Waals surface area contributed by atoms with Crippen molar-refractivity contribution in [1.29, 1.82) is 5.26 Å². The van der Waals surface area contributed by atoms with E-state index in [4.69, 9.17) is 5.26 Å². The number of carbonyl (C=O) groups is 1. The predicted molar refractivity (Wildman–Crippen MR) is 108 cm³/mol. The molecule has 1 N–H and O–H groups in total. The van der Waals surface area contributed by atoms with Crippen molar-refractivity contribution in [2.45, 2.75) is 32.9 Å². The zero-order valence-electron chi connectivity index (χ0n) is 17.2. The first-order chi connectivity index (χ1) is 13.9. The maximum absolute atomic E-state index is 12.5. The molecule has 8 nitrogen and oxygen atoms in total. The van der Waals surface area contributed by atoms with Crippen molar-refractivity contribution in [2.75, 3.05) is 13.6 Å². The fourth-order valence-corrected chi connectivity index (χ4v) is 4.40. The summed E-state index contributed by atoms with van der Waals surface area (Å²) >= 11 is 0. The second kappa shape index (κ2) is 7.33. The van der Waals surface area contributed by atoms with E-state index in [0.717, 1.165) is 28.3 Å². The molecule has 1 amide bonds. The van der Waals surface area contributed by atoms with E-state index >= 15 is 0 Å². The minimum Gasteiger partial charge on any atom is -0.338 e. The van der Waals surface area contributed by atoms with E-state index in [9.17, 15) is 4.79 Å². The number of amides is 1. The predicted octanol–water partition coefficient (Wildman–Crippen LogP) is 1.87. The summed E-state index contributed by atoms with van der Waals surface area (Å²) in [5, 5.41) is 17.2. The Labute approximate surface area is 169 Å². The van der Waals surface area contributed by atoms with Crippen LogP contribution in [0.3, 0.4) is 0 Å². The molecular formula is C21H25N7O. The Balaban J connectivity index is 1.52. The van der Waals surface area contributed by atoms with Gasteiger partial charge in [0, 0.05) is 57.0 Å². The largest absolute Gasteiger partial charge is 0.338 e. The van der Waals surface area contributed by atoms with Crippen LogP contribution in [0.25, 0.3) is 5.65 Å². The number of nitriles is 1. The third-order valence-electron chi connectivity index (χ3n) is 5.98. The number of nitrogens with zero attached hydrogens (tertiary/aromatic N) is 6. The molecule has 0 saturated carbocycles. The topological polar surface area (TPSA) is 91.2 Å². The van der Waals surface area contributed by atoms with E-state index in [0.29, 0.717) is 25.1 Å². The van der Waals surface area contributed by atoms with Crippen molar-refractivity contribution in [2.24, 2.45) is 13.0 Å². The highest BCUT2D eigenvalue weighted by molar-refractivity contribution is 5.79. The Hall–Kier alpha value is -3.18. The van der Waals surface area contributed by atoms with Crippen molar-refractivity contribution < 1.29 is 4.79 Å². The number of hydrogen-bond donors (Lipinski definition) is 1. The van der Waals surface area contributed by atoms with Gasteiger partial charge in [-0.3, -0.25) is 9.48 Å². The summed E-state index contributed by atoms with van der Waals surface area (Å²) in [5.41, 5.74) is 5.64. The van der Waals surface area contributed by atoms with Crippen molar-refractivity contribution in [3.05, 3.63) is 52.7 Å². The minimum absolute atomic E-state index is 0.0241. The van der Waals surface area contributed by atoms with Gasteiger partial charge in [0.2, 0.25) is 5.91 Å². The SMILES string of the molecule is Cc1nn(C)c(C)c1[C@H]1[C@H](CNCc2cnc3ccc(C#N)cn23)CC(=O)N1C. The second-order valence-corrected chi connectivity index (χ2v) is 7.76. The Morgan fingerprint density at radius 3 is 2.79 bits per heavy atom. The minimum atomic E-state index is 0.0241. The summed E-state index contributed by atoms with van der Waals surface area (Å²) in [5.74, 6) is 0.334. The molecule has 4 heterocycles. The molecule has 4 rings (SSSR count). The molecule has 1 aliphatic rings. The third kappa shape index (κ3) is 3.28. The molecule has 0 radical (unpaired) electrons. The molecule has 1 fully saturated rings. The molecule has 150 valence electrons. The fraction of sp³-hybridized carbons (Fsp3) is 0.429. The van der Waals surface area contributed by atoms with Gasteiger partial charge in [-0.1, -0.05) is 0 Å². The Bertz CT molecular complexity index is 1120. The number of fused-ring (bicyclic) bond motifs is 1. The van der Waals surface area contributed by atoms with Crippen molar-refractivity contribution in [3.8, 4) is 6.07 Å². The van der Waals surface area contributed by atoms with E-state index in [1.54, 1.807) is 12.3 Å². The van der Waals surface area contributed by atoms with Gasteiger partial charge in [0.25, 0.3) is 0 Å². The normalized spacial score (nSPS) is 19.3. The van der Waals surface area contributed by atoms with Gasteiger partial charge >= 0.3 is 0 Å². The lowest BCUT2D eigenvalue weighted by Gasteiger charge is -2.26. The van der Waals surface area contributed by atoms with Crippen molar-refractivity contribution >= 4 is 11.6 Å². The molecule has 0 spiro atoms. The zero-order chi connectivity index (χ0) is 20.7. The zero-order valence-corrected chi connectivity index (χ0v) is 17.2. The average molecular weight is 391 g/mol. The second-order valence-electron chi connectivity index (χ2n) is 7.76. The number of likely N-dealkylation sites (tertiary alicyclic amines) is 1. The summed E-state index contributed by atoms with van der Waals surface area (Å²) in [6.07, 6.45) is 4.15. The number of hydrogen-bond acceptors (Lipinski definition) is 5. The lowest BCUT2D eigenvalue weighted by molar-refractivity contribution is -0.127. The summed E-state index contributed by atoms with van der Waals surface area (Å²) in [7, 11) is 3.82. The van der Waals surface area contributed by atoms with Gasteiger partial charge < -0.3 is 14.6 Å². The Kier molecular flexibility index (Phi) is 4.84. The summed E-state index contributed by atoms with van der Waals surface area (Å²) in [6.45, 7) is 5.39. The van der Waals surface area contributed by atoms with Crippen LogP contribution in [0.2, 0.25) is 0 Å². The Morgan fingerprint density at radius 1 is 1.31 bits per heavy atom. The van der Waals surface area contributed by atoms with Gasteiger partial charge in [-0.05, 0) is 26.0 Å². The molecule has 8 heteroatoms. The van der Waals surface area contributed by atoms with Gasteiger partial charge in [-0.25, -0.2) is 4.98 Å². The molecule has 0 aromatic carbocycles. The van der Waals surface area contributed by atoms with Gasteiger partial charge in [-0.15, -0.1) is 0 Å². The molecule has 0 aliphatic carbocycles. The molecule has 3 aromatic heterocycles. The first kappa shape index (κ1) is 19.2. The quantitative estimate of drug-likeness (QED) is 0.717. The van der Waals surface area contributed by atoms with E-state index < -0.39 is 0 Å². The van der Waals surface area contributed by atoms with Crippen LogP contribution in [0.1, 0.15) is 40.7 Å². The fourth-order valence-electron chi connectivity index (χ4n) is 4.40. The van der Waals surface area contributed by atoms with Crippen LogP contribution in [-0.2, 0) is 18.4 Å². The van der Waals surface area contributed by atoms with Gasteiger partial charge in [0.1, 0.15) is 11.7 Å². The van der Waals surface area contributed by atoms with Crippen LogP contribution in [0.5, 0.6) is 0 Å². The molecular weight excluding hydrogens is 366 g/mol. The van der Waals surface area contributed by atoms with Gasteiger partial charge in [-0.2, -0.15) is 10.4 Å². The monoisotopic (exact) mass is 391 g/mol. The number of imidazole rings is 1. The highest BCUT2D eigenvalue weighted by Crippen LogP contribution is 2.39. The molecule has 1 aliphatic heterocycles. The maximum Gasteiger partial charge on any atom is 0.223 e. The van der Waals surface area contributed by atoms with Gasteiger partial charge in [0.15, 0.2) is 0 Å². The number of rotatable bonds is 5. The van der Waals surface area contributed by atoms with Crippen molar-refractivity contribution in [1.82, 2.24) is 29.4 Å². The first-order valence-corrected chi connectivity index (χ1v) is 9.73. The van der Waals surface area contributed by atoms with Gasteiger partial charge in [0.05, 0.1) is 29.2 Å². The summed E-state index contributed by atoms with van der Waals surface area (Å²) in [4.78, 5) is 18.7. The smallest absolute Gasteiger partial charge is 0.223 e.